The van der Waals surface area contributed by atoms with Crippen molar-refractivity contribution in [1.82, 2.24) is 0 Å². The summed E-state index contributed by atoms with van der Waals surface area (Å²) in [6.07, 6.45) is -2.72. The maximum atomic E-state index is 13.9. The standard InChI is InChI=1S/C15H16F18O3Si.C4H8.CH2F2/c1-7(16,17)9(20,21)11(24,25)13(28,29)15(32,33)14(30,31)12(26,27)10(22,23)8(18,19)5-6-37(34-2,35-3)36-4;1-4(2)3;2-1-3/h5-6H2,1-4H3;1H2,2-3H3;1H2. The van der Waals surface area contributed by atoms with Crippen molar-refractivity contribution in [2.24, 2.45) is 0 Å². The van der Waals surface area contributed by atoms with Gasteiger partial charge in [0.1, 0.15) is 0 Å². The van der Waals surface area contributed by atoms with Gasteiger partial charge in [-0.2, -0.15) is 79.0 Å². The Hall–Kier alpha value is -1.56. The highest BCUT2D eigenvalue weighted by Crippen LogP contribution is 2.65. The quantitative estimate of drug-likeness (QED) is 0.102. The summed E-state index contributed by atoms with van der Waals surface area (Å²) in [5.41, 5.74) is 1.17. The zero-order valence-electron chi connectivity index (χ0n) is 23.1. The molecule has 0 rings (SSSR count). The average molecular weight is 722 g/mol. The van der Waals surface area contributed by atoms with E-state index in [2.05, 4.69) is 19.9 Å². The van der Waals surface area contributed by atoms with Gasteiger partial charge in [0.15, 0.2) is 0 Å². The summed E-state index contributed by atoms with van der Waals surface area (Å²) in [5.74, 6) is -71.3. The molecule has 0 radical (unpaired) electrons. The Balaban J connectivity index is -0.00000216. The first kappa shape index (κ1) is 46.9. The second-order valence-electron chi connectivity index (χ2n) is 8.72. The number of rotatable bonds is 14. The van der Waals surface area contributed by atoms with E-state index in [1.807, 2.05) is 13.8 Å². The molecule has 0 spiro atoms. The number of hydrogen-bond acceptors (Lipinski definition) is 3. The van der Waals surface area contributed by atoms with E-state index in [9.17, 15) is 87.8 Å². The van der Waals surface area contributed by atoms with E-state index in [0.29, 0.717) is 21.3 Å². The van der Waals surface area contributed by atoms with Crippen LogP contribution in [-0.4, -0.2) is 90.4 Å². The van der Waals surface area contributed by atoms with Crippen LogP contribution in [0, 0.1) is 0 Å². The lowest BCUT2D eigenvalue weighted by Gasteiger charge is -2.44. The van der Waals surface area contributed by atoms with E-state index in [4.69, 9.17) is 0 Å². The van der Waals surface area contributed by atoms with Crippen molar-refractivity contribution >= 4 is 8.80 Å². The molecule has 0 heterocycles. The summed E-state index contributed by atoms with van der Waals surface area (Å²) in [7, 11) is -2.46. The molecular formula is C20H26F20O3Si. The van der Waals surface area contributed by atoms with Crippen molar-refractivity contribution in [3.05, 3.63) is 12.2 Å². The van der Waals surface area contributed by atoms with Gasteiger partial charge in [0.2, 0.25) is 6.93 Å². The summed E-state index contributed by atoms with van der Waals surface area (Å²) < 4.78 is 276. The minimum absolute atomic E-state index is 0.649. The number of allylic oxidation sites excluding steroid dienone is 1. The number of halogens is 20. The smallest absolute Gasteiger partial charge is 0.377 e. The molecule has 0 aromatic carbocycles. The van der Waals surface area contributed by atoms with Gasteiger partial charge in [0, 0.05) is 40.7 Å². The maximum Gasteiger partial charge on any atom is 0.500 e. The Bertz CT molecular complexity index is 887. The third-order valence-electron chi connectivity index (χ3n) is 5.05. The van der Waals surface area contributed by atoms with Crippen LogP contribution in [-0.2, 0) is 13.3 Å². The van der Waals surface area contributed by atoms with Crippen molar-refractivity contribution in [3.63, 3.8) is 0 Å². The SMILES string of the molecule is C=C(C)C.CO[Si](CCC(F)(F)C(F)(F)C(F)(F)C(F)(F)C(F)(F)C(F)(F)C(F)(F)C(F)(F)C(C)(F)F)(OC)OC.FCF. The molecule has 0 N–H and O–H groups in total. The molecule has 0 amide bonds. The van der Waals surface area contributed by atoms with Crippen LogP contribution < -0.4 is 0 Å². The molecule has 3 nitrogen and oxygen atoms in total. The topological polar surface area (TPSA) is 27.7 Å². The van der Waals surface area contributed by atoms with Crippen LogP contribution in [0.15, 0.2) is 12.2 Å². The molecule has 0 aromatic heterocycles. The lowest BCUT2D eigenvalue weighted by molar-refractivity contribution is -0.461. The summed E-state index contributed by atoms with van der Waals surface area (Å²) in [4.78, 5) is 0. The number of hydrogen-bond donors (Lipinski definition) is 0. The molecule has 0 fully saturated rings. The van der Waals surface area contributed by atoms with Crippen molar-refractivity contribution in [2.45, 2.75) is 86.5 Å². The Kier molecular flexibility index (Phi) is 15.9. The maximum absolute atomic E-state index is 13.9. The molecule has 0 unspecified atom stereocenters. The van der Waals surface area contributed by atoms with Crippen molar-refractivity contribution in [1.29, 1.82) is 0 Å². The van der Waals surface area contributed by atoms with Gasteiger partial charge in [-0.15, -0.1) is 6.58 Å². The molecule has 0 aromatic rings. The third kappa shape index (κ3) is 8.42. The van der Waals surface area contributed by atoms with E-state index in [0.717, 1.165) is 0 Å². The zero-order chi connectivity index (χ0) is 36.8. The molecule has 0 aliphatic heterocycles. The Labute approximate surface area is 237 Å². The van der Waals surface area contributed by atoms with Crippen LogP contribution in [0.1, 0.15) is 27.2 Å². The lowest BCUT2D eigenvalue weighted by Crippen LogP contribution is -2.75. The van der Waals surface area contributed by atoms with Crippen LogP contribution in [0.5, 0.6) is 0 Å². The molecular weight excluding hydrogens is 696 g/mol. The van der Waals surface area contributed by atoms with E-state index in [-0.39, 0.29) is 0 Å². The molecule has 0 aliphatic carbocycles. The molecule has 0 saturated heterocycles. The van der Waals surface area contributed by atoms with Gasteiger partial charge < -0.3 is 13.3 Å². The summed E-state index contributed by atoms with van der Waals surface area (Å²) in [5, 5.41) is 0. The highest BCUT2D eigenvalue weighted by Gasteiger charge is 2.96. The first-order valence-electron chi connectivity index (χ1n) is 10.8. The van der Waals surface area contributed by atoms with Gasteiger partial charge in [0.25, 0.3) is 0 Å². The predicted octanol–water partition coefficient (Wildman–Crippen LogP) is 9.46. The molecule has 0 aliphatic rings. The van der Waals surface area contributed by atoms with E-state index < -0.39 is 88.4 Å². The first-order valence-corrected chi connectivity index (χ1v) is 12.8. The van der Waals surface area contributed by atoms with Gasteiger partial charge >= 0.3 is 62.1 Å². The zero-order valence-corrected chi connectivity index (χ0v) is 24.1. The minimum Gasteiger partial charge on any atom is -0.377 e. The Morgan fingerprint density at radius 1 is 0.523 bits per heavy atom. The van der Waals surface area contributed by atoms with Gasteiger partial charge in [-0.25, -0.2) is 8.78 Å². The van der Waals surface area contributed by atoms with Gasteiger partial charge in [0.05, 0.1) is 0 Å². The molecule has 0 atom stereocenters. The normalized spacial score (nSPS) is 14.8. The second-order valence-corrected chi connectivity index (χ2v) is 11.8. The van der Waals surface area contributed by atoms with Crippen LogP contribution in [0.3, 0.4) is 0 Å². The molecule has 268 valence electrons. The fourth-order valence-corrected chi connectivity index (χ4v) is 4.25. The fourth-order valence-electron chi connectivity index (χ4n) is 2.51. The van der Waals surface area contributed by atoms with Crippen molar-refractivity contribution in [3.8, 4) is 0 Å². The van der Waals surface area contributed by atoms with E-state index in [1.54, 1.807) is 0 Å². The molecule has 0 bridgehead atoms. The van der Waals surface area contributed by atoms with Crippen LogP contribution in [0.4, 0.5) is 87.8 Å². The van der Waals surface area contributed by atoms with Crippen LogP contribution in [0.25, 0.3) is 0 Å². The average Bonchev–Trinajstić information content (AvgIpc) is 2.83. The summed E-state index contributed by atoms with van der Waals surface area (Å²) in [6, 6.07) is -1.64. The van der Waals surface area contributed by atoms with Crippen LogP contribution >= 0.6 is 0 Å². The highest BCUT2D eigenvalue weighted by atomic mass is 28.4. The van der Waals surface area contributed by atoms with Gasteiger partial charge in [-0.05, 0) is 13.8 Å². The first-order chi connectivity index (χ1) is 19.0. The van der Waals surface area contributed by atoms with Gasteiger partial charge in [-0.3, -0.25) is 0 Å². The van der Waals surface area contributed by atoms with E-state index >= 15 is 0 Å². The highest BCUT2D eigenvalue weighted by molar-refractivity contribution is 6.60. The summed E-state index contributed by atoms with van der Waals surface area (Å²) >= 11 is 0. The molecule has 0 saturated carbocycles. The Morgan fingerprint density at radius 2 is 0.727 bits per heavy atom. The van der Waals surface area contributed by atoms with E-state index in [1.165, 1.54) is 5.57 Å². The summed E-state index contributed by atoms with van der Waals surface area (Å²) in [6.45, 7) is 4.46. The van der Waals surface area contributed by atoms with Crippen molar-refractivity contribution in [2.75, 3.05) is 28.3 Å². The lowest BCUT2D eigenvalue weighted by atomic mass is 9.86. The third-order valence-corrected chi connectivity index (χ3v) is 7.78. The fraction of sp³-hybridized carbons (Fsp3) is 0.900. The molecule has 44 heavy (non-hydrogen) atoms. The molecule has 24 heteroatoms. The largest absolute Gasteiger partial charge is 0.500 e. The number of alkyl halides is 20. The van der Waals surface area contributed by atoms with Gasteiger partial charge in [-0.1, -0.05) is 5.57 Å². The van der Waals surface area contributed by atoms with Crippen LogP contribution in [0.2, 0.25) is 6.04 Å². The monoisotopic (exact) mass is 722 g/mol. The predicted molar refractivity (Wildman–Crippen MR) is 114 cm³/mol. The van der Waals surface area contributed by atoms with Crippen molar-refractivity contribution < 1.29 is 101 Å². The Morgan fingerprint density at radius 3 is 0.932 bits per heavy atom. The second kappa shape index (κ2) is 14.9. The minimum atomic E-state index is -8.77.